The van der Waals surface area contributed by atoms with Crippen molar-refractivity contribution in [3.8, 4) is 0 Å². The third-order valence-electron chi connectivity index (χ3n) is 4.99. The van der Waals surface area contributed by atoms with Gasteiger partial charge in [0.25, 0.3) is 0 Å². The highest BCUT2D eigenvalue weighted by Gasteiger charge is 2.38. The van der Waals surface area contributed by atoms with Crippen LogP contribution in [-0.4, -0.2) is 48.4 Å². The molecular formula is C15H28N2O. The van der Waals surface area contributed by atoms with Crippen molar-refractivity contribution in [3.05, 3.63) is 0 Å². The van der Waals surface area contributed by atoms with Gasteiger partial charge in [-0.25, -0.2) is 0 Å². The van der Waals surface area contributed by atoms with Gasteiger partial charge < -0.3 is 9.80 Å². The van der Waals surface area contributed by atoms with Crippen molar-refractivity contribution in [2.24, 2.45) is 11.3 Å². The predicted octanol–water partition coefficient (Wildman–Crippen LogP) is 2.37. The van der Waals surface area contributed by atoms with Gasteiger partial charge in [-0.05, 0) is 50.7 Å². The van der Waals surface area contributed by atoms with Crippen LogP contribution in [-0.2, 0) is 4.79 Å². The lowest BCUT2D eigenvalue weighted by Gasteiger charge is -2.47. The number of carbonyl (C=O) groups excluding carboxylic acids is 1. The van der Waals surface area contributed by atoms with Crippen LogP contribution in [0.4, 0.5) is 0 Å². The highest BCUT2D eigenvalue weighted by molar-refractivity contribution is 5.78. The summed E-state index contributed by atoms with van der Waals surface area (Å²) in [5.41, 5.74) is 0.555. The molecule has 3 nitrogen and oxygen atoms in total. The lowest BCUT2D eigenvalue weighted by Crippen LogP contribution is -2.48. The second-order valence-corrected chi connectivity index (χ2v) is 6.41. The molecule has 0 aliphatic carbocycles. The van der Waals surface area contributed by atoms with E-state index in [2.05, 4.69) is 16.7 Å². The average Bonchev–Trinajstić information content (AvgIpc) is 2.40. The minimum atomic E-state index is 0.154. The minimum absolute atomic E-state index is 0.154. The first-order valence-corrected chi connectivity index (χ1v) is 7.57. The Labute approximate surface area is 112 Å². The van der Waals surface area contributed by atoms with Crippen LogP contribution in [0.1, 0.15) is 46.5 Å². The van der Waals surface area contributed by atoms with Gasteiger partial charge in [0.05, 0.1) is 0 Å². The first-order chi connectivity index (χ1) is 8.56. The van der Waals surface area contributed by atoms with E-state index in [-0.39, 0.29) is 5.92 Å². The van der Waals surface area contributed by atoms with Crippen molar-refractivity contribution in [2.45, 2.75) is 46.5 Å². The molecule has 0 aromatic carbocycles. The quantitative estimate of drug-likeness (QED) is 0.753. The molecule has 18 heavy (non-hydrogen) atoms. The minimum Gasteiger partial charge on any atom is -0.342 e. The molecule has 2 fully saturated rings. The summed E-state index contributed by atoms with van der Waals surface area (Å²) in [6, 6.07) is 0. The van der Waals surface area contributed by atoms with Gasteiger partial charge in [0.1, 0.15) is 0 Å². The first kappa shape index (κ1) is 13.9. The van der Waals surface area contributed by atoms with Crippen molar-refractivity contribution in [2.75, 3.05) is 32.7 Å². The molecule has 0 saturated carbocycles. The Morgan fingerprint density at radius 2 is 1.56 bits per heavy atom. The highest BCUT2D eigenvalue weighted by atomic mass is 16.2. The van der Waals surface area contributed by atoms with Crippen LogP contribution < -0.4 is 0 Å². The maximum absolute atomic E-state index is 12.0. The molecule has 0 unspecified atom stereocenters. The lowest BCUT2D eigenvalue weighted by atomic mass is 9.71. The summed E-state index contributed by atoms with van der Waals surface area (Å²) < 4.78 is 0. The summed E-state index contributed by atoms with van der Waals surface area (Å²) >= 11 is 0. The normalized spacial score (nSPS) is 24.8. The summed E-state index contributed by atoms with van der Waals surface area (Å²) in [6.07, 6.45) is 5.13. The molecule has 2 heterocycles. The molecule has 0 aromatic rings. The van der Waals surface area contributed by atoms with Gasteiger partial charge in [-0.3, -0.25) is 4.79 Å². The van der Waals surface area contributed by atoms with Crippen molar-refractivity contribution in [3.63, 3.8) is 0 Å². The Balaban J connectivity index is 1.85. The smallest absolute Gasteiger partial charge is 0.225 e. The Morgan fingerprint density at radius 3 is 2.00 bits per heavy atom. The van der Waals surface area contributed by atoms with E-state index < -0.39 is 0 Å². The molecule has 2 rings (SSSR count). The predicted molar refractivity (Wildman–Crippen MR) is 74.4 cm³/mol. The molecule has 0 aromatic heterocycles. The van der Waals surface area contributed by atoms with Gasteiger partial charge in [-0.2, -0.15) is 0 Å². The molecule has 2 aliphatic rings. The molecule has 2 saturated heterocycles. The summed E-state index contributed by atoms with van der Waals surface area (Å²) in [6.45, 7) is 11.9. The number of hydrogen-bond acceptors (Lipinski definition) is 2. The topological polar surface area (TPSA) is 23.6 Å². The summed E-state index contributed by atoms with van der Waals surface area (Å²) in [5, 5.41) is 0. The maximum atomic E-state index is 12.0. The van der Waals surface area contributed by atoms with Gasteiger partial charge in [0.15, 0.2) is 0 Å². The fraction of sp³-hybridized carbons (Fsp3) is 0.933. The molecule has 0 radical (unpaired) electrons. The van der Waals surface area contributed by atoms with E-state index in [0.717, 1.165) is 13.1 Å². The molecule has 3 heteroatoms. The number of nitrogens with zero attached hydrogens (tertiary/aromatic N) is 2. The number of piperidine rings is 2. The fourth-order valence-electron chi connectivity index (χ4n) is 3.41. The average molecular weight is 252 g/mol. The van der Waals surface area contributed by atoms with Crippen molar-refractivity contribution >= 4 is 5.91 Å². The number of amides is 1. The maximum Gasteiger partial charge on any atom is 0.225 e. The highest BCUT2D eigenvalue weighted by Crippen LogP contribution is 2.41. The third-order valence-corrected chi connectivity index (χ3v) is 4.99. The second kappa shape index (κ2) is 5.60. The summed E-state index contributed by atoms with van der Waals surface area (Å²) in [4.78, 5) is 16.6. The lowest BCUT2D eigenvalue weighted by molar-refractivity contribution is -0.137. The van der Waals surface area contributed by atoms with Crippen LogP contribution in [0, 0.1) is 11.3 Å². The number of likely N-dealkylation sites (tertiary alicyclic amines) is 2. The van der Waals surface area contributed by atoms with Gasteiger partial charge >= 0.3 is 0 Å². The molecule has 0 atom stereocenters. The van der Waals surface area contributed by atoms with E-state index in [0.29, 0.717) is 11.3 Å². The zero-order chi connectivity index (χ0) is 13.2. The molecule has 104 valence electrons. The van der Waals surface area contributed by atoms with Crippen LogP contribution in [0.15, 0.2) is 0 Å². The summed E-state index contributed by atoms with van der Waals surface area (Å²) in [7, 11) is 0. The van der Waals surface area contributed by atoms with Crippen molar-refractivity contribution in [1.82, 2.24) is 9.80 Å². The molecule has 2 aliphatic heterocycles. The fourth-order valence-corrected chi connectivity index (χ4v) is 3.41. The van der Waals surface area contributed by atoms with Crippen LogP contribution in [0.5, 0.6) is 0 Å². The Kier molecular flexibility index (Phi) is 4.31. The SMILES string of the molecule is CCN1CCC2(CC1)CCN(C(=O)C(C)C)CC2. The first-order valence-electron chi connectivity index (χ1n) is 7.57. The van der Waals surface area contributed by atoms with Crippen molar-refractivity contribution in [1.29, 1.82) is 0 Å². The Hall–Kier alpha value is -0.570. The largest absolute Gasteiger partial charge is 0.342 e. The van der Waals surface area contributed by atoms with E-state index in [4.69, 9.17) is 0 Å². The third kappa shape index (κ3) is 2.87. The van der Waals surface area contributed by atoms with E-state index in [1.165, 1.54) is 45.3 Å². The van der Waals surface area contributed by atoms with E-state index in [1.807, 2.05) is 13.8 Å². The standard InChI is InChI=1S/C15H28N2O/c1-4-16-9-5-15(6-10-16)7-11-17(12-8-15)14(18)13(2)3/h13H,4-12H2,1-3H3. The Bertz CT molecular complexity index is 283. The Morgan fingerprint density at radius 1 is 1.06 bits per heavy atom. The van der Waals surface area contributed by atoms with Crippen LogP contribution in [0.3, 0.4) is 0 Å². The van der Waals surface area contributed by atoms with Gasteiger partial charge in [-0.1, -0.05) is 20.8 Å². The van der Waals surface area contributed by atoms with Gasteiger partial charge in [0.2, 0.25) is 5.91 Å². The number of carbonyl (C=O) groups is 1. The molecular weight excluding hydrogens is 224 g/mol. The second-order valence-electron chi connectivity index (χ2n) is 6.41. The van der Waals surface area contributed by atoms with Gasteiger partial charge in [-0.15, -0.1) is 0 Å². The molecule has 0 N–H and O–H groups in total. The van der Waals surface area contributed by atoms with Crippen LogP contribution in [0.2, 0.25) is 0 Å². The van der Waals surface area contributed by atoms with Crippen LogP contribution >= 0.6 is 0 Å². The van der Waals surface area contributed by atoms with E-state index in [9.17, 15) is 4.79 Å². The zero-order valence-corrected chi connectivity index (χ0v) is 12.2. The monoisotopic (exact) mass is 252 g/mol. The van der Waals surface area contributed by atoms with Gasteiger partial charge in [0, 0.05) is 19.0 Å². The summed E-state index contributed by atoms with van der Waals surface area (Å²) in [5.74, 6) is 0.497. The molecule has 1 spiro atoms. The van der Waals surface area contributed by atoms with Crippen LogP contribution in [0.25, 0.3) is 0 Å². The van der Waals surface area contributed by atoms with E-state index >= 15 is 0 Å². The van der Waals surface area contributed by atoms with E-state index in [1.54, 1.807) is 0 Å². The number of hydrogen-bond donors (Lipinski definition) is 0. The number of rotatable bonds is 2. The molecule has 0 bridgehead atoms. The zero-order valence-electron chi connectivity index (χ0n) is 12.2. The molecule has 1 amide bonds. The van der Waals surface area contributed by atoms with Crippen molar-refractivity contribution < 1.29 is 4.79 Å².